The van der Waals surface area contributed by atoms with Gasteiger partial charge in [-0.25, -0.2) is 5.43 Å². The van der Waals surface area contributed by atoms with E-state index in [1.165, 1.54) is 0 Å². The molecule has 1 amide bonds. The van der Waals surface area contributed by atoms with Crippen molar-refractivity contribution in [2.75, 3.05) is 0 Å². The van der Waals surface area contributed by atoms with Gasteiger partial charge in [0.25, 0.3) is 5.91 Å². The molecule has 0 spiro atoms. The molecule has 5 heteroatoms. The first-order valence-corrected chi connectivity index (χ1v) is 6.77. The summed E-state index contributed by atoms with van der Waals surface area (Å²) < 4.78 is 0. The molecule has 4 nitrogen and oxygen atoms in total. The van der Waals surface area contributed by atoms with Crippen LogP contribution in [0.1, 0.15) is 16.1 Å². The maximum Gasteiger partial charge on any atom is 0.272 e. The van der Waals surface area contributed by atoms with Gasteiger partial charge in [-0.15, -0.1) is 0 Å². The van der Waals surface area contributed by atoms with Crippen molar-refractivity contribution in [3.05, 3.63) is 70.9 Å². The van der Waals surface area contributed by atoms with Crippen LogP contribution in [0, 0.1) is 0 Å². The standard InChI is InChI=1S/C16H12ClN3O/c17-14-7-3-2-6-13(14)16(21)20-18-10-12-9-11-5-1-4-8-15(11)19-12/h1-10,19H,(H,20,21). The van der Waals surface area contributed by atoms with Gasteiger partial charge >= 0.3 is 0 Å². The molecule has 104 valence electrons. The molecule has 3 rings (SSSR count). The van der Waals surface area contributed by atoms with Crippen LogP contribution in [0.25, 0.3) is 10.9 Å². The zero-order valence-corrected chi connectivity index (χ0v) is 11.8. The number of nitrogens with zero attached hydrogens (tertiary/aromatic N) is 1. The zero-order chi connectivity index (χ0) is 14.7. The fourth-order valence-electron chi connectivity index (χ4n) is 2.03. The number of fused-ring (bicyclic) bond motifs is 1. The highest BCUT2D eigenvalue weighted by Gasteiger charge is 2.07. The second-order valence-electron chi connectivity index (χ2n) is 4.49. The Morgan fingerprint density at radius 1 is 1.14 bits per heavy atom. The van der Waals surface area contributed by atoms with Gasteiger partial charge < -0.3 is 4.98 Å². The van der Waals surface area contributed by atoms with Gasteiger partial charge in [0, 0.05) is 10.9 Å². The van der Waals surface area contributed by atoms with Crippen molar-refractivity contribution in [2.45, 2.75) is 0 Å². The van der Waals surface area contributed by atoms with Gasteiger partial charge in [0.2, 0.25) is 0 Å². The number of H-pyrrole nitrogens is 1. The summed E-state index contributed by atoms with van der Waals surface area (Å²) >= 11 is 5.95. The largest absolute Gasteiger partial charge is 0.354 e. The molecule has 0 unspecified atom stereocenters. The van der Waals surface area contributed by atoms with Crippen LogP contribution in [-0.2, 0) is 0 Å². The van der Waals surface area contributed by atoms with Gasteiger partial charge in [-0.1, -0.05) is 41.9 Å². The highest BCUT2D eigenvalue weighted by Crippen LogP contribution is 2.15. The van der Waals surface area contributed by atoms with E-state index >= 15 is 0 Å². The first-order valence-electron chi connectivity index (χ1n) is 6.40. The third-order valence-corrected chi connectivity index (χ3v) is 3.37. The fraction of sp³-hybridized carbons (Fsp3) is 0. The van der Waals surface area contributed by atoms with Crippen LogP contribution in [0.5, 0.6) is 0 Å². The van der Waals surface area contributed by atoms with Gasteiger partial charge in [0.1, 0.15) is 0 Å². The Balaban J connectivity index is 1.72. The molecule has 21 heavy (non-hydrogen) atoms. The van der Waals surface area contributed by atoms with E-state index in [0.29, 0.717) is 10.6 Å². The van der Waals surface area contributed by atoms with Crippen LogP contribution in [-0.4, -0.2) is 17.1 Å². The number of hydrogen-bond acceptors (Lipinski definition) is 2. The Hall–Kier alpha value is -2.59. The van der Waals surface area contributed by atoms with E-state index in [2.05, 4.69) is 15.5 Å². The Morgan fingerprint density at radius 2 is 1.90 bits per heavy atom. The molecule has 1 aromatic heterocycles. The normalized spacial score (nSPS) is 11.1. The summed E-state index contributed by atoms with van der Waals surface area (Å²) in [7, 11) is 0. The highest BCUT2D eigenvalue weighted by molar-refractivity contribution is 6.33. The van der Waals surface area contributed by atoms with Crippen LogP contribution in [0.2, 0.25) is 5.02 Å². The average molecular weight is 298 g/mol. The van der Waals surface area contributed by atoms with Crippen LogP contribution in [0.3, 0.4) is 0 Å². The summed E-state index contributed by atoms with van der Waals surface area (Å²) in [5.41, 5.74) is 4.69. The quantitative estimate of drug-likeness (QED) is 0.563. The molecule has 0 fully saturated rings. The number of amides is 1. The minimum atomic E-state index is -0.340. The predicted octanol–water partition coefficient (Wildman–Crippen LogP) is 3.59. The number of hydrogen-bond donors (Lipinski definition) is 2. The van der Waals surface area contributed by atoms with Gasteiger partial charge in [-0.2, -0.15) is 5.10 Å². The second-order valence-corrected chi connectivity index (χ2v) is 4.90. The molecule has 0 saturated heterocycles. The van der Waals surface area contributed by atoms with Crippen LogP contribution >= 0.6 is 11.6 Å². The summed E-state index contributed by atoms with van der Waals surface area (Å²) in [6, 6.07) is 16.7. The Labute approximate surface area is 126 Å². The van der Waals surface area contributed by atoms with Crippen molar-refractivity contribution in [3.8, 4) is 0 Å². The Bertz CT molecular complexity index is 790. The molecule has 2 N–H and O–H groups in total. The molecule has 0 aliphatic carbocycles. The number of aromatic nitrogens is 1. The topological polar surface area (TPSA) is 57.2 Å². The van der Waals surface area contributed by atoms with E-state index in [1.54, 1.807) is 30.5 Å². The van der Waals surface area contributed by atoms with E-state index < -0.39 is 0 Å². The van der Waals surface area contributed by atoms with E-state index in [0.717, 1.165) is 16.6 Å². The molecule has 3 aromatic rings. The lowest BCUT2D eigenvalue weighted by molar-refractivity contribution is 0.0955. The van der Waals surface area contributed by atoms with Crippen molar-refractivity contribution in [2.24, 2.45) is 5.10 Å². The van der Waals surface area contributed by atoms with E-state index in [9.17, 15) is 4.79 Å². The molecule has 0 aliphatic rings. The first-order chi connectivity index (χ1) is 10.2. The Morgan fingerprint density at radius 3 is 2.71 bits per heavy atom. The van der Waals surface area contributed by atoms with E-state index in [1.807, 2.05) is 30.3 Å². The number of halogens is 1. The van der Waals surface area contributed by atoms with Crippen molar-refractivity contribution in [3.63, 3.8) is 0 Å². The van der Waals surface area contributed by atoms with Gasteiger partial charge in [-0.3, -0.25) is 4.79 Å². The van der Waals surface area contributed by atoms with Crippen molar-refractivity contribution >= 4 is 34.6 Å². The molecular weight excluding hydrogens is 286 g/mol. The molecule has 0 radical (unpaired) electrons. The first kappa shape index (κ1) is 13.4. The minimum Gasteiger partial charge on any atom is -0.354 e. The molecule has 0 aliphatic heterocycles. The molecule has 1 heterocycles. The van der Waals surface area contributed by atoms with Crippen LogP contribution in [0.15, 0.2) is 59.7 Å². The monoisotopic (exact) mass is 297 g/mol. The zero-order valence-electron chi connectivity index (χ0n) is 11.0. The van der Waals surface area contributed by atoms with Crippen molar-refractivity contribution < 1.29 is 4.79 Å². The number of hydrazone groups is 1. The average Bonchev–Trinajstić information content (AvgIpc) is 2.90. The molecule has 0 atom stereocenters. The van der Waals surface area contributed by atoms with Gasteiger partial charge in [0.15, 0.2) is 0 Å². The number of para-hydroxylation sites is 1. The van der Waals surface area contributed by atoms with E-state index in [-0.39, 0.29) is 5.91 Å². The maximum absolute atomic E-state index is 11.9. The lowest BCUT2D eigenvalue weighted by Crippen LogP contribution is -2.17. The lowest BCUT2D eigenvalue weighted by Gasteiger charge is -2.01. The number of nitrogens with one attached hydrogen (secondary N) is 2. The molecule has 0 saturated carbocycles. The fourth-order valence-corrected chi connectivity index (χ4v) is 2.25. The number of aromatic amines is 1. The smallest absolute Gasteiger partial charge is 0.272 e. The number of benzene rings is 2. The molecule has 0 bridgehead atoms. The van der Waals surface area contributed by atoms with Crippen molar-refractivity contribution in [1.29, 1.82) is 0 Å². The molecular formula is C16H12ClN3O. The SMILES string of the molecule is O=C(NN=Cc1cc2ccccc2[nH]1)c1ccccc1Cl. The summed E-state index contributed by atoms with van der Waals surface area (Å²) in [6.07, 6.45) is 1.56. The lowest BCUT2D eigenvalue weighted by atomic mass is 10.2. The van der Waals surface area contributed by atoms with Crippen LogP contribution in [0.4, 0.5) is 0 Å². The van der Waals surface area contributed by atoms with Gasteiger partial charge in [-0.05, 0) is 24.3 Å². The number of carbonyl (C=O) groups excluding carboxylic acids is 1. The van der Waals surface area contributed by atoms with E-state index in [4.69, 9.17) is 11.6 Å². The van der Waals surface area contributed by atoms with Crippen molar-refractivity contribution in [1.82, 2.24) is 10.4 Å². The third kappa shape index (κ3) is 2.95. The number of rotatable bonds is 3. The highest BCUT2D eigenvalue weighted by atomic mass is 35.5. The Kier molecular flexibility index (Phi) is 3.71. The van der Waals surface area contributed by atoms with Gasteiger partial charge in [0.05, 0.1) is 22.5 Å². The summed E-state index contributed by atoms with van der Waals surface area (Å²) in [6.45, 7) is 0. The van der Waals surface area contributed by atoms with Crippen LogP contribution < -0.4 is 5.43 Å². The predicted molar refractivity (Wildman–Crippen MR) is 84.8 cm³/mol. The minimum absolute atomic E-state index is 0.340. The summed E-state index contributed by atoms with van der Waals surface area (Å²) in [4.78, 5) is 15.1. The molecule has 2 aromatic carbocycles. The summed E-state index contributed by atoms with van der Waals surface area (Å²) in [5, 5.41) is 5.43. The second kappa shape index (κ2) is 5.81. The third-order valence-electron chi connectivity index (χ3n) is 3.04. The number of carbonyl (C=O) groups is 1. The summed E-state index contributed by atoms with van der Waals surface area (Å²) in [5.74, 6) is -0.340. The maximum atomic E-state index is 11.9.